The lowest BCUT2D eigenvalue weighted by Crippen LogP contribution is -1.98. The molecule has 0 saturated carbocycles. The summed E-state index contributed by atoms with van der Waals surface area (Å²) in [6.07, 6.45) is 1.73. The number of carboxylic acid groups (broad SMARTS) is 1. The molecule has 0 atom stereocenters. The number of carboxylic acids is 1. The van der Waals surface area contributed by atoms with Crippen LogP contribution in [0.5, 0.6) is 5.75 Å². The largest absolute Gasteiger partial charge is 0.489 e. The topological polar surface area (TPSA) is 94.1 Å². The van der Waals surface area contributed by atoms with Crippen LogP contribution < -0.4 is 4.74 Å². The molecule has 0 heterocycles. The Bertz CT molecular complexity index is 1130. The molecule has 5 nitrogen and oxygen atoms in total. The fraction of sp³-hybridized carbons (Fsp3) is 0.0417. The van der Waals surface area contributed by atoms with E-state index in [4.69, 9.17) is 15.1 Å². The zero-order chi connectivity index (χ0) is 20.6. The first kappa shape index (κ1) is 19.4. The van der Waals surface area contributed by atoms with E-state index in [2.05, 4.69) is 12.1 Å². The fourth-order valence-electron chi connectivity index (χ4n) is 2.72. The van der Waals surface area contributed by atoms with Crippen molar-refractivity contribution in [3.63, 3.8) is 0 Å². The highest BCUT2D eigenvalue weighted by Gasteiger charge is 2.06. The van der Waals surface area contributed by atoms with Gasteiger partial charge in [0.15, 0.2) is 0 Å². The van der Waals surface area contributed by atoms with Gasteiger partial charge in [-0.3, -0.25) is 0 Å². The summed E-state index contributed by atoms with van der Waals surface area (Å²) in [6.45, 7) is 0.290. The first-order valence-corrected chi connectivity index (χ1v) is 8.77. The Morgan fingerprint density at radius 3 is 2.21 bits per heavy atom. The Kier molecular flexibility index (Phi) is 6.05. The molecule has 5 heteroatoms. The van der Waals surface area contributed by atoms with Crippen LogP contribution in [0.1, 0.15) is 32.6 Å². The van der Waals surface area contributed by atoms with Crippen LogP contribution in [0.25, 0.3) is 11.6 Å². The molecule has 140 valence electrons. The molecule has 0 aliphatic carbocycles. The van der Waals surface area contributed by atoms with Gasteiger partial charge in [-0.15, -0.1) is 0 Å². The van der Waals surface area contributed by atoms with Gasteiger partial charge in [0.1, 0.15) is 12.4 Å². The highest BCUT2D eigenvalue weighted by molar-refractivity contribution is 5.92. The van der Waals surface area contributed by atoms with E-state index in [0.29, 0.717) is 22.4 Å². The van der Waals surface area contributed by atoms with Crippen molar-refractivity contribution >= 4 is 17.6 Å². The summed E-state index contributed by atoms with van der Waals surface area (Å²) in [5.41, 5.74) is 3.46. The van der Waals surface area contributed by atoms with Crippen LogP contribution in [-0.4, -0.2) is 11.1 Å². The molecule has 0 unspecified atom stereocenters. The highest BCUT2D eigenvalue weighted by Crippen LogP contribution is 2.21. The van der Waals surface area contributed by atoms with Crippen LogP contribution in [-0.2, 0) is 6.61 Å². The summed E-state index contributed by atoms with van der Waals surface area (Å²) in [4.78, 5) is 10.9. The molecule has 0 saturated heterocycles. The lowest BCUT2D eigenvalue weighted by atomic mass is 10.0. The molecular formula is C24H16N2O3. The molecule has 0 spiro atoms. The maximum absolute atomic E-state index is 10.9. The fourth-order valence-corrected chi connectivity index (χ4v) is 2.72. The third-order valence-electron chi connectivity index (χ3n) is 4.29. The van der Waals surface area contributed by atoms with Crippen LogP contribution in [0.3, 0.4) is 0 Å². The average molecular weight is 380 g/mol. The number of benzene rings is 3. The molecule has 0 aromatic heterocycles. The molecule has 3 aromatic rings. The minimum absolute atomic E-state index is 0.172. The second-order valence-corrected chi connectivity index (χ2v) is 6.18. The average Bonchev–Trinajstić information content (AvgIpc) is 2.77. The molecule has 29 heavy (non-hydrogen) atoms. The van der Waals surface area contributed by atoms with E-state index in [-0.39, 0.29) is 12.2 Å². The zero-order valence-corrected chi connectivity index (χ0v) is 15.4. The van der Waals surface area contributed by atoms with Gasteiger partial charge in [0.05, 0.1) is 28.8 Å². The lowest BCUT2D eigenvalue weighted by Gasteiger charge is -2.08. The Labute approximate surface area is 168 Å². The quantitative estimate of drug-likeness (QED) is 0.485. The predicted molar refractivity (Wildman–Crippen MR) is 109 cm³/mol. The number of carbonyl (C=O) groups is 1. The standard InChI is InChI=1S/C24H16N2O3/c25-14-20-3-1-2-4-21(20)16-29-23-11-5-17(6-12-23)13-22(15-26)18-7-9-19(10-8-18)24(27)28/h1-13H,16H2,(H,27,28). The van der Waals surface area contributed by atoms with Crippen molar-refractivity contribution in [1.82, 2.24) is 0 Å². The molecule has 1 N–H and O–H groups in total. The van der Waals surface area contributed by atoms with Crippen molar-refractivity contribution in [3.05, 3.63) is 101 Å². The minimum atomic E-state index is -1.01. The Morgan fingerprint density at radius 1 is 0.931 bits per heavy atom. The van der Waals surface area contributed by atoms with Crippen LogP contribution in [0, 0.1) is 22.7 Å². The van der Waals surface area contributed by atoms with Gasteiger partial charge in [-0.05, 0) is 47.5 Å². The first-order chi connectivity index (χ1) is 14.1. The van der Waals surface area contributed by atoms with Crippen LogP contribution >= 0.6 is 0 Å². The predicted octanol–water partition coefficient (Wildman–Crippen LogP) is 4.90. The van der Waals surface area contributed by atoms with Gasteiger partial charge in [0.2, 0.25) is 0 Å². The van der Waals surface area contributed by atoms with Gasteiger partial charge in [-0.2, -0.15) is 10.5 Å². The van der Waals surface area contributed by atoms with E-state index in [0.717, 1.165) is 11.1 Å². The van der Waals surface area contributed by atoms with Crippen molar-refractivity contribution in [3.8, 4) is 17.9 Å². The summed E-state index contributed by atoms with van der Waals surface area (Å²) in [7, 11) is 0. The van der Waals surface area contributed by atoms with Crippen molar-refractivity contribution in [2.75, 3.05) is 0 Å². The second kappa shape index (κ2) is 9.03. The van der Waals surface area contributed by atoms with E-state index in [1.165, 1.54) is 12.1 Å². The van der Waals surface area contributed by atoms with E-state index in [9.17, 15) is 10.1 Å². The number of allylic oxidation sites excluding steroid dienone is 1. The number of aromatic carboxylic acids is 1. The molecule has 0 bridgehead atoms. The van der Waals surface area contributed by atoms with Gasteiger partial charge in [0, 0.05) is 5.56 Å². The third kappa shape index (κ3) is 4.88. The van der Waals surface area contributed by atoms with Crippen molar-refractivity contribution in [2.45, 2.75) is 6.61 Å². The summed E-state index contributed by atoms with van der Waals surface area (Å²) >= 11 is 0. The molecule has 3 rings (SSSR count). The molecule has 3 aromatic carbocycles. The van der Waals surface area contributed by atoms with Crippen molar-refractivity contribution < 1.29 is 14.6 Å². The maximum atomic E-state index is 10.9. The normalized spacial score (nSPS) is 10.6. The van der Waals surface area contributed by atoms with Crippen molar-refractivity contribution in [2.24, 2.45) is 0 Å². The number of ether oxygens (including phenoxy) is 1. The van der Waals surface area contributed by atoms with Crippen LogP contribution in [0.4, 0.5) is 0 Å². The Hall–Kier alpha value is -4.35. The first-order valence-electron chi connectivity index (χ1n) is 8.77. The number of nitrogens with zero attached hydrogens (tertiary/aromatic N) is 2. The number of rotatable bonds is 6. The van der Waals surface area contributed by atoms with Gasteiger partial charge < -0.3 is 9.84 Å². The summed E-state index contributed by atoms with van der Waals surface area (Å²) < 4.78 is 5.75. The SMILES string of the molecule is N#CC(=Cc1ccc(OCc2ccccc2C#N)cc1)c1ccc(C(=O)O)cc1. The molecular weight excluding hydrogens is 364 g/mol. The molecule has 0 radical (unpaired) electrons. The minimum Gasteiger partial charge on any atom is -0.489 e. The number of hydrogen-bond acceptors (Lipinski definition) is 4. The van der Waals surface area contributed by atoms with Gasteiger partial charge in [-0.25, -0.2) is 4.79 Å². The summed E-state index contributed by atoms with van der Waals surface area (Å²) in [5, 5.41) is 27.5. The molecule has 0 amide bonds. The number of nitriles is 2. The Balaban J connectivity index is 1.72. The maximum Gasteiger partial charge on any atom is 0.335 e. The lowest BCUT2D eigenvalue weighted by molar-refractivity contribution is 0.0697. The molecule has 0 aliphatic rings. The monoisotopic (exact) mass is 380 g/mol. The smallest absolute Gasteiger partial charge is 0.335 e. The van der Waals surface area contributed by atoms with Crippen LogP contribution in [0.15, 0.2) is 72.8 Å². The molecule has 0 fully saturated rings. The van der Waals surface area contributed by atoms with Gasteiger partial charge >= 0.3 is 5.97 Å². The summed E-state index contributed by atoms with van der Waals surface area (Å²) in [6, 6.07) is 25.0. The van der Waals surface area contributed by atoms with Crippen molar-refractivity contribution in [1.29, 1.82) is 10.5 Å². The number of hydrogen-bond donors (Lipinski definition) is 1. The third-order valence-corrected chi connectivity index (χ3v) is 4.29. The van der Waals surface area contributed by atoms with E-state index in [1.54, 1.807) is 36.4 Å². The van der Waals surface area contributed by atoms with E-state index >= 15 is 0 Å². The Morgan fingerprint density at radius 2 is 1.59 bits per heavy atom. The summed E-state index contributed by atoms with van der Waals surface area (Å²) in [5.74, 6) is -0.355. The van der Waals surface area contributed by atoms with E-state index < -0.39 is 5.97 Å². The van der Waals surface area contributed by atoms with Crippen LogP contribution in [0.2, 0.25) is 0 Å². The van der Waals surface area contributed by atoms with E-state index in [1.807, 2.05) is 30.3 Å². The highest BCUT2D eigenvalue weighted by atomic mass is 16.5. The zero-order valence-electron chi connectivity index (χ0n) is 15.4. The second-order valence-electron chi connectivity index (χ2n) is 6.18. The van der Waals surface area contributed by atoms with Gasteiger partial charge in [-0.1, -0.05) is 42.5 Å². The molecule has 0 aliphatic heterocycles. The van der Waals surface area contributed by atoms with Gasteiger partial charge in [0.25, 0.3) is 0 Å².